The molecule has 2 aromatic carbocycles. The van der Waals surface area contributed by atoms with Gasteiger partial charge in [-0.2, -0.15) is 0 Å². The smallest absolute Gasteiger partial charge is 0.346 e. The van der Waals surface area contributed by atoms with Crippen molar-refractivity contribution in [2.24, 2.45) is 0 Å². The molecule has 0 atom stereocenters. The largest absolute Gasteiger partial charge is 0.353 e. The molecule has 0 bridgehead atoms. The normalized spacial score (nSPS) is 13.1. The maximum absolute atomic E-state index is 11.9. The van der Waals surface area contributed by atoms with Crippen LogP contribution in [-0.2, 0) is 13.0 Å². The summed E-state index contributed by atoms with van der Waals surface area (Å²) in [5.41, 5.74) is 2.72. The number of nitrogens with one attached hydrogen (secondary N) is 1. The van der Waals surface area contributed by atoms with Crippen molar-refractivity contribution in [3.8, 4) is 0 Å². The lowest BCUT2D eigenvalue weighted by atomic mass is 10.00. The second kappa shape index (κ2) is 7.61. The summed E-state index contributed by atoms with van der Waals surface area (Å²) in [5, 5.41) is 15.6. The average molecular weight is 416 g/mol. The van der Waals surface area contributed by atoms with Crippen molar-refractivity contribution >= 4 is 46.2 Å². The summed E-state index contributed by atoms with van der Waals surface area (Å²) in [6.45, 7) is 1.19. The van der Waals surface area contributed by atoms with Crippen molar-refractivity contribution in [1.82, 2.24) is 9.97 Å². The van der Waals surface area contributed by atoms with Gasteiger partial charge >= 0.3 is 5.69 Å². The fourth-order valence-corrected chi connectivity index (χ4v) is 3.83. The van der Waals surface area contributed by atoms with E-state index in [2.05, 4.69) is 21.4 Å². The van der Waals surface area contributed by atoms with Gasteiger partial charge in [0.25, 0.3) is 0 Å². The fourth-order valence-electron chi connectivity index (χ4n) is 3.30. The van der Waals surface area contributed by atoms with E-state index in [1.165, 1.54) is 11.9 Å². The molecule has 0 fully saturated rings. The van der Waals surface area contributed by atoms with Gasteiger partial charge in [-0.1, -0.05) is 47.5 Å². The zero-order valence-electron chi connectivity index (χ0n) is 14.6. The predicted molar refractivity (Wildman–Crippen MR) is 110 cm³/mol. The first-order chi connectivity index (χ1) is 13.5. The molecule has 0 saturated heterocycles. The van der Waals surface area contributed by atoms with Crippen LogP contribution in [0.1, 0.15) is 11.1 Å². The van der Waals surface area contributed by atoms with Gasteiger partial charge in [0.1, 0.15) is 6.33 Å². The Morgan fingerprint density at radius 1 is 1.07 bits per heavy atom. The number of benzene rings is 2. The highest BCUT2D eigenvalue weighted by Gasteiger charge is 2.29. The van der Waals surface area contributed by atoms with E-state index in [4.69, 9.17) is 23.2 Å². The number of halogens is 2. The number of anilines is 3. The first kappa shape index (κ1) is 18.5. The van der Waals surface area contributed by atoms with Crippen LogP contribution in [0.15, 0.2) is 48.8 Å². The van der Waals surface area contributed by atoms with Crippen LogP contribution >= 0.6 is 23.2 Å². The Morgan fingerprint density at radius 3 is 2.50 bits per heavy atom. The zero-order valence-corrected chi connectivity index (χ0v) is 16.1. The van der Waals surface area contributed by atoms with Crippen molar-refractivity contribution in [2.75, 3.05) is 16.8 Å². The average Bonchev–Trinajstić information content (AvgIpc) is 2.66. The van der Waals surface area contributed by atoms with Gasteiger partial charge in [-0.05, 0) is 35.7 Å². The lowest BCUT2D eigenvalue weighted by Crippen LogP contribution is -2.31. The van der Waals surface area contributed by atoms with E-state index in [-0.39, 0.29) is 17.3 Å². The Kier molecular flexibility index (Phi) is 5.02. The summed E-state index contributed by atoms with van der Waals surface area (Å²) in [4.78, 5) is 21.6. The molecule has 0 radical (unpaired) electrons. The van der Waals surface area contributed by atoms with E-state index in [0.29, 0.717) is 28.8 Å². The lowest BCUT2D eigenvalue weighted by molar-refractivity contribution is -0.383. The molecular weight excluding hydrogens is 401 g/mol. The summed E-state index contributed by atoms with van der Waals surface area (Å²) in [7, 11) is 0. The van der Waals surface area contributed by atoms with Crippen molar-refractivity contribution in [3.63, 3.8) is 0 Å². The number of rotatable bonds is 4. The Balaban J connectivity index is 1.71. The summed E-state index contributed by atoms with van der Waals surface area (Å²) in [6.07, 6.45) is 2.11. The van der Waals surface area contributed by atoms with E-state index in [9.17, 15) is 10.1 Å². The molecule has 7 nitrogen and oxygen atoms in total. The van der Waals surface area contributed by atoms with Crippen LogP contribution in [0.5, 0.6) is 0 Å². The summed E-state index contributed by atoms with van der Waals surface area (Å²) in [6, 6.07) is 12.9. The molecule has 142 valence electrons. The highest BCUT2D eigenvalue weighted by Crippen LogP contribution is 2.36. The molecule has 1 aliphatic rings. The van der Waals surface area contributed by atoms with Gasteiger partial charge in [0.15, 0.2) is 0 Å². The molecule has 0 unspecified atom stereocenters. The molecule has 0 amide bonds. The third-order valence-electron chi connectivity index (χ3n) is 4.54. The lowest BCUT2D eigenvalue weighted by Gasteiger charge is -2.29. The molecule has 1 N–H and O–H groups in total. The third kappa shape index (κ3) is 3.72. The molecule has 1 aromatic heterocycles. The van der Waals surface area contributed by atoms with Crippen LogP contribution in [0.25, 0.3) is 0 Å². The molecule has 4 rings (SSSR count). The second-order valence-electron chi connectivity index (χ2n) is 6.37. The topological polar surface area (TPSA) is 84.2 Å². The van der Waals surface area contributed by atoms with Crippen molar-refractivity contribution in [3.05, 3.63) is 80.1 Å². The van der Waals surface area contributed by atoms with Crippen LogP contribution < -0.4 is 10.2 Å². The molecule has 0 spiro atoms. The van der Waals surface area contributed by atoms with E-state index in [1.807, 2.05) is 23.1 Å². The van der Waals surface area contributed by atoms with Crippen molar-refractivity contribution < 1.29 is 4.92 Å². The predicted octanol–water partition coefficient (Wildman–Crippen LogP) is 5.00. The standard InChI is InChI=1S/C19H15Cl2N5O2/c20-14-7-15(21)9-16(8-14)24-18-17(26(27)28)19(23-11-22-18)25-6-5-12-3-1-2-4-13(12)10-25/h1-4,7-9,11H,5-6,10H2,(H,22,23,24). The first-order valence-electron chi connectivity index (χ1n) is 8.55. The van der Waals surface area contributed by atoms with Crippen LogP contribution in [0, 0.1) is 10.1 Å². The van der Waals surface area contributed by atoms with Crippen LogP contribution in [-0.4, -0.2) is 21.4 Å². The SMILES string of the molecule is O=[N+]([O-])c1c(Nc2cc(Cl)cc(Cl)c2)ncnc1N1CCc2ccccc2C1. The van der Waals surface area contributed by atoms with Gasteiger partial charge in [-0.3, -0.25) is 10.1 Å². The van der Waals surface area contributed by atoms with Crippen LogP contribution in [0.4, 0.5) is 23.0 Å². The van der Waals surface area contributed by atoms with E-state index in [1.54, 1.807) is 18.2 Å². The van der Waals surface area contributed by atoms with Gasteiger partial charge in [0, 0.05) is 28.8 Å². The van der Waals surface area contributed by atoms with Gasteiger partial charge in [0.2, 0.25) is 11.6 Å². The summed E-state index contributed by atoms with van der Waals surface area (Å²) < 4.78 is 0. The molecular formula is C19H15Cl2N5O2. The van der Waals surface area contributed by atoms with Gasteiger partial charge in [0.05, 0.1) is 4.92 Å². The Labute approximate surface area is 171 Å². The number of hydrogen-bond acceptors (Lipinski definition) is 6. The highest BCUT2D eigenvalue weighted by molar-refractivity contribution is 6.35. The molecule has 0 saturated carbocycles. The minimum atomic E-state index is -0.468. The first-order valence-corrected chi connectivity index (χ1v) is 9.31. The summed E-state index contributed by atoms with van der Waals surface area (Å²) in [5.74, 6) is 0.373. The second-order valence-corrected chi connectivity index (χ2v) is 7.25. The monoisotopic (exact) mass is 415 g/mol. The number of hydrogen-bond donors (Lipinski definition) is 1. The minimum absolute atomic E-state index is 0.0900. The Hall–Kier alpha value is -2.90. The fraction of sp³-hybridized carbons (Fsp3) is 0.158. The highest BCUT2D eigenvalue weighted by atomic mass is 35.5. The number of aromatic nitrogens is 2. The molecule has 3 aromatic rings. The molecule has 28 heavy (non-hydrogen) atoms. The number of nitro groups is 1. The maximum Gasteiger partial charge on any atom is 0.353 e. The van der Waals surface area contributed by atoms with Gasteiger partial charge in [-0.15, -0.1) is 0 Å². The summed E-state index contributed by atoms with van der Waals surface area (Å²) >= 11 is 12.0. The number of fused-ring (bicyclic) bond motifs is 1. The van der Waals surface area contributed by atoms with E-state index >= 15 is 0 Å². The van der Waals surface area contributed by atoms with Gasteiger partial charge < -0.3 is 10.2 Å². The zero-order chi connectivity index (χ0) is 19.7. The molecule has 2 heterocycles. The molecule has 1 aliphatic heterocycles. The quantitative estimate of drug-likeness (QED) is 0.476. The maximum atomic E-state index is 11.9. The van der Waals surface area contributed by atoms with Crippen molar-refractivity contribution in [2.45, 2.75) is 13.0 Å². The Morgan fingerprint density at radius 2 is 1.79 bits per heavy atom. The molecule has 9 heteroatoms. The van der Waals surface area contributed by atoms with Crippen LogP contribution in [0.2, 0.25) is 10.0 Å². The molecule has 0 aliphatic carbocycles. The van der Waals surface area contributed by atoms with E-state index < -0.39 is 4.92 Å². The van der Waals surface area contributed by atoms with Crippen molar-refractivity contribution in [1.29, 1.82) is 0 Å². The van der Waals surface area contributed by atoms with E-state index in [0.717, 1.165) is 12.0 Å². The Bertz CT molecular complexity index is 1040. The number of nitrogens with zero attached hydrogens (tertiary/aromatic N) is 4. The van der Waals surface area contributed by atoms with Crippen LogP contribution in [0.3, 0.4) is 0 Å². The third-order valence-corrected chi connectivity index (χ3v) is 4.98. The van der Waals surface area contributed by atoms with Gasteiger partial charge in [-0.25, -0.2) is 9.97 Å². The minimum Gasteiger partial charge on any atom is -0.346 e.